The molecule has 0 aliphatic heterocycles. The fraction of sp³-hybridized carbons (Fsp3) is 0.389. The van der Waals surface area contributed by atoms with Crippen LogP contribution in [0.5, 0.6) is 0 Å². The van der Waals surface area contributed by atoms with Gasteiger partial charge in [-0.1, -0.05) is 23.9 Å². The molecule has 0 fully saturated rings. The van der Waals surface area contributed by atoms with E-state index in [-0.39, 0.29) is 11.7 Å². The van der Waals surface area contributed by atoms with Crippen LogP contribution in [0.4, 0.5) is 4.39 Å². The zero-order valence-electron chi connectivity index (χ0n) is 14.2. The molecule has 0 saturated heterocycles. The Morgan fingerprint density at radius 3 is 2.33 bits per heavy atom. The van der Waals surface area contributed by atoms with E-state index in [1.54, 1.807) is 12.1 Å². The number of benzene rings is 1. The minimum Gasteiger partial charge on any atom is -0.356 e. The maximum atomic E-state index is 12.8. The monoisotopic (exact) mass is 347 g/mol. The van der Waals surface area contributed by atoms with Crippen molar-refractivity contribution in [3.63, 3.8) is 0 Å². The van der Waals surface area contributed by atoms with Gasteiger partial charge in [-0.2, -0.15) is 0 Å². The summed E-state index contributed by atoms with van der Waals surface area (Å²) in [6, 6.07) is 6.33. The fourth-order valence-electron chi connectivity index (χ4n) is 2.49. The molecule has 2 rings (SSSR count). The Labute approximate surface area is 146 Å². The topological polar surface area (TPSA) is 54.9 Å². The van der Waals surface area contributed by atoms with Gasteiger partial charge in [-0.3, -0.25) is 4.79 Å². The maximum absolute atomic E-state index is 12.8. The van der Waals surface area contributed by atoms with E-state index >= 15 is 0 Å². The van der Waals surface area contributed by atoms with Crippen LogP contribution in [0.25, 0.3) is 0 Å². The lowest BCUT2D eigenvalue weighted by Crippen LogP contribution is -2.26. The van der Waals surface area contributed by atoms with Crippen LogP contribution in [0.3, 0.4) is 0 Å². The number of aryl methyl sites for hydroxylation is 2. The van der Waals surface area contributed by atoms with Gasteiger partial charge in [0, 0.05) is 24.4 Å². The molecule has 1 amide bonds. The molecule has 128 valence electrons. The molecule has 24 heavy (non-hydrogen) atoms. The van der Waals surface area contributed by atoms with Crippen molar-refractivity contribution < 1.29 is 9.18 Å². The van der Waals surface area contributed by atoms with Gasteiger partial charge in [0.15, 0.2) is 5.16 Å². The number of hydrogen-bond donors (Lipinski definition) is 1. The minimum atomic E-state index is -0.247. The predicted molar refractivity (Wildman–Crippen MR) is 94.7 cm³/mol. The van der Waals surface area contributed by atoms with Crippen LogP contribution in [-0.2, 0) is 17.6 Å². The van der Waals surface area contributed by atoms with E-state index in [1.165, 1.54) is 23.9 Å². The summed E-state index contributed by atoms with van der Waals surface area (Å²) in [7, 11) is 0. The quantitative estimate of drug-likeness (QED) is 0.617. The Morgan fingerprint density at radius 1 is 1.12 bits per heavy atom. The Balaban J connectivity index is 1.80. The van der Waals surface area contributed by atoms with Gasteiger partial charge >= 0.3 is 0 Å². The molecule has 0 aliphatic rings. The number of hydrogen-bond acceptors (Lipinski definition) is 4. The van der Waals surface area contributed by atoms with E-state index in [1.807, 2.05) is 20.1 Å². The normalized spacial score (nSPS) is 10.7. The van der Waals surface area contributed by atoms with Crippen molar-refractivity contribution >= 4 is 17.7 Å². The number of carbonyl (C=O) groups excluding carboxylic acids is 1. The van der Waals surface area contributed by atoms with Gasteiger partial charge in [-0.05, 0) is 56.2 Å². The maximum Gasteiger partial charge on any atom is 0.220 e. The second-order valence-corrected chi connectivity index (χ2v) is 6.36. The molecule has 4 nitrogen and oxygen atoms in total. The molecule has 0 atom stereocenters. The smallest absolute Gasteiger partial charge is 0.220 e. The van der Waals surface area contributed by atoms with Gasteiger partial charge < -0.3 is 5.32 Å². The highest BCUT2D eigenvalue weighted by Gasteiger charge is 2.10. The number of aromatic nitrogens is 2. The first-order chi connectivity index (χ1) is 11.5. The summed E-state index contributed by atoms with van der Waals surface area (Å²) in [5, 5.41) is 3.66. The molecule has 6 heteroatoms. The van der Waals surface area contributed by atoms with Gasteiger partial charge in [0.25, 0.3) is 0 Å². The molecule has 0 radical (unpaired) electrons. The third kappa shape index (κ3) is 5.30. The fourth-order valence-corrected chi connectivity index (χ4v) is 2.94. The molecular weight excluding hydrogens is 325 g/mol. The number of carbonyl (C=O) groups is 1. The molecule has 1 aromatic carbocycles. The van der Waals surface area contributed by atoms with Crippen molar-refractivity contribution in [3.05, 3.63) is 52.6 Å². The van der Waals surface area contributed by atoms with Gasteiger partial charge in [-0.25, -0.2) is 14.4 Å². The highest BCUT2D eigenvalue weighted by atomic mass is 32.2. The second-order valence-electron chi connectivity index (χ2n) is 5.59. The van der Waals surface area contributed by atoms with Gasteiger partial charge in [0.05, 0.1) is 0 Å². The van der Waals surface area contributed by atoms with Crippen LogP contribution in [0, 0.1) is 19.7 Å². The molecule has 1 N–H and O–H groups in total. The van der Waals surface area contributed by atoms with Crippen molar-refractivity contribution in [1.29, 1.82) is 0 Å². The van der Waals surface area contributed by atoms with Crippen LogP contribution in [0.1, 0.15) is 28.9 Å². The first kappa shape index (κ1) is 18.4. The molecule has 0 aliphatic carbocycles. The molecule has 0 bridgehead atoms. The van der Waals surface area contributed by atoms with Gasteiger partial charge in [0.2, 0.25) is 5.91 Å². The van der Waals surface area contributed by atoms with Crippen LogP contribution in [0.2, 0.25) is 0 Å². The first-order valence-electron chi connectivity index (χ1n) is 7.89. The average molecular weight is 347 g/mol. The van der Waals surface area contributed by atoms with E-state index in [4.69, 9.17) is 0 Å². The van der Waals surface area contributed by atoms with E-state index in [0.29, 0.717) is 25.8 Å². The second kappa shape index (κ2) is 8.78. The Bertz CT molecular complexity index is 681. The van der Waals surface area contributed by atoms with Crippen molar-refractivity contribution in [2.45, 2.75) is 38.3 Å². The zero-order chi connectivity index (χ0) is 17.5. The van der Waals surface area contributed by atoms with Crippen LogP contribution in [0.15, 0.2) is 29.4 Å². The van der Waals surface area contributed by atoms with Crippen molar-refractivity contribution in [2.24, 2.45) is 0 Å². The average Bonchev–Trinajstić information content (AvgIpc) is 2.55. The molecule has 2 aromatic rings. The third-order valence-electron chi connectivity index (χ3n) is 3.83. The van der Waals surface area contributed by atoms with Crippen molar-refractivity contribution in [3.8, 4) is 0 Å². The summed E-state index contributed by atoms with van der Waals surface area (Å²) in [6.07, 6.45) is 3.68. The largest absolute Gasteiger partial charge is 0.356 e. The van der Waals surface area contributed by atoms with Crippen molar-refractivity contribution in [1.82, 2.24) is 15.3 Å². The summed E-state index contributed by atoms with van der Waals surface area (Å²) < 4.78 is 12.8. The lowest BCUT2D eigenvalue weighted by atomic mass is 10.1. The number of thioether (sulfide) groups is 1. The number of nitrogens with one attached hydrogen (secondary N) is 1. The summed E-state index contributed by atoms with van der Waals surface area (Å²) in [6.45, 7) is 4.46. The number of halogens is 1. The lowest BCUT2D eigenvalue weighted by Gasteiger charge is -2.10. The first-order valence-corrected chi connectivity index (χ1v) is 9.11. The van der Waals surface area contributed by atoms with Gasteiger partial charge in [-0.15, -0.1) is 0 Å². The minimum absolute atomic E-state index is 0.00450. The molecule has 0 saturated carbocycles. The van der Waals surface area contributed by atoms with E-state index in [9.17, 15) is 9.18 Å². The molecule has 0 spiro atoms. The van der Waals surface area contributed by atoms with E-state index in [0.717, 1.165) is 27.7 Å². The lowest BCUT2D eigenvalue weighted by molar-refractivity contribution is -0.121. The zero-order valence-corrected chi connectivity index (χ0v) is 15.0. The standard InChI is InChI=1S/C18H22FN3OS/c1-12-16(13(2)22-18(21-12)24-3)8-9-17(23)20-11-10-14-4-6-15(19)7-5-14/h4-7H,8-11H2,1-3H3,(H,20,23). The highest BCUT2D eigenvalue weighted by molar-refractivity contribution is 7.98. The molecule has 1 heterocycles. The molecule has 0 unspecified atom stereocenters. The van der Waals surface area contributed by atoms with E-state index < -0.39 is 0 Å². The van der Waals surface area contributed by atoms with Crippen LogP contribution in [-0.4, -0.2) is 28.7 Å². The molecular formula is C18H22FN3OS. The Kier molecular flexibility index (Phi) is 6.73. The third-order valence-corrected chi connectivity index (χ3v) is 4.38. The van der Waals surface area contributed by atoms with E-state index in [2.05, 4.69) is 15.3 Å². The Hall–Kier alpha value is -1.95. The van der Waals surface area contributed by atoms with Crippen molar-refractivity contribution in [2.75, 3.05) is 12.8 Å². The summed E-state index contributed by atoms with van der Waals surface area (Å²) in [5.74, 6) is -0.243. The summed E-state index contributed by atoms with van der Waals surface area (Å²) in [5.41, 5.74) is 3.92. The Morgan fingerprint density at radius 2 is 1.75 bits per heavy atom. The number of rotatable bonds is 7. The highest BCUT2D eigenvalue weighted by Crippen LogP contribution is 2.17. The van der Waals surface area contributed by atoms with Crippen LogP contribution < -0.4 is 5.32 Å². The SMILES string of the molecule is CSc1nc(C)c(CCC(=O)NCCc2ccc(F)cc2)c(C)n1. The number of amides is 1. The summed E-state index contributed by atoms with van der Waals surface area (Å²) in [4.78, 5) is 20.8. The molecule has 1 aromatic heterocycles. The number of nitrogens with zero attached hydrogens (tertiary/aromatic N) is 2. The summed E-state index contributed by atoms with van der Waals surface area (Å²) >= 11 is 1.52. The predicted octanol–water partition coefficient (Wildman–Crippen LogP) is 3.25. The van der Waals surface area contributed by atoms with Gasteiger partial charge in [0.1, 0.15) is 5.82 Å². The van der Waals surface area contributed by atoms with Crippen LogP contribution >= 0.6 is 11.8 Å².